The molecule has 116 valence electrons. The molecule has 2 rings (SSSR count). The van der Waals surface area contributed by atoms with E-state index in [2.05, 4.69) is 12.2 Å². The van der Waals surface area contributed by atoms with Crippen LogP contribution in [0.3, 0.4) is 0 Å². The number of ether oxygens (including phenoxy) is 1. The fourth-order valence-electron chi connectivity index (χ4n) is 3.40. The standard InChI is InChI=1S/C15H28N2O3/c1-2-15(5-7-16-8-6-15)14(19)17-9-3-13(4-10-17)20-12-11-18/h13,16,18H,2-12H2,1H3. The Morgan fingerprint density at radius 1 is 1.35 bits per heavy atom. The Morgan fingerprint density at radius 3 is 2.55 bits per heavy atom. The quantitative estimate of drug-likeness (QED) is 0.783. The summed E-state index contributed by atoms with van der Waals surface area (Å²) < 4.78 is 5.56. The van der Waals surface area contributed by atoms with Gasteiger partial charge in [-0.1, -0.05) is 6.92 Å². The number of hydrogen-bond donors (Lipinski definition) is 2. The molecule has 5 nitrogen and oxygen atoms in total. The molecule has 5 heteroatoms. The van der Waals surface area contributed by atoms with Crippen LogP contribution in [0.15, 0.2) is 0 Å². The van der Waals surface area contributed by atoms with Gasteiger partial charge in [-0.15, -0.1) is 0 Å². The molecule has 2 fully saturated rings. The number of nitrogens with one attached hydrogen (secondary N) is 1. The van der Waals surface area contributed by atoms with Crippen molar-refractivity contribution in [2.24, 2.45) is 5.41 Å². The number of carbonyl (C=O) groups is 1. The van der Waals surface area contributed by atoms with Gasteiger partial charge in [0.15, 0.2) is 0 Å². The predicted octanol–water partition coefficient (Wildman–Crippen LogP) is 0.766. The molecule has 2 aliphatic rings. The molecule has 20 heavy (non-hydrogen) atoms. The number of piperidine rings is 2. The maximum Gasteiger partial charge on any atom is 0.228 e. The molecule has 0 aromatic carbocycles. The monoisotopic (exact) mass is 284 g/mol. The lowest BCUT2D eigenvalue weighted by molar-refractivity contribution is -0.147. The molecule has 0 radical (unpaired) electrons. The predicted molar refractivity (Wildman–Crippen MR) is 77.5 cm³/mol. The van der Waals surface area contributed by atoms with Crippen LogP contribution in [0.2, 0.25) is 0 Å². The zero-order valence-electron chi connectivity index (χ0n) is 12.6. The third-order valence-electron chi connectivity index (χ3n) is 4.87. The first-order valence-electron chi connectivity index (χ1n) is 7.94. The van der Waals surface area contributed by atoms with Crippen molar-refractivity contribution < 1.29 is 14.6 Å². The smallest absolute Gasteiger partial charge is 0.228 e. The number of likely N-dealkylation sites (tertiary alicyclic amines) is 1. The van der Waals surface area contributed by atoms with E-state index in [0.29, 0.717) is 12.5 Å². The lowest BCUT2D eigenvalue weighted by atomic mass is 9.75. The average Bonchev–Trinajstić information content (AvgIpc) is 2.53. The minimum Gasteiger partial charge on any atom is -0.394 e. The van der Waals surface area contributed by atoms with Crippen LogP contribution in [0.25, 0.3) is 0 Å². The highest BCUT2D eigenvalue weighted by Crippen LogP contribution is 2.35. The molecular weight excluding hydrogens is 256 g/mol. The third kappa shape index (κ3) is 3.51. The summed E-state index contributed by atoms with van der Waals surface area (Å²) in [6.07, 6.45) is 4.85. The average molecular weight is 284 g/mol. The van der Waals surface area contributed by atoms with Crippen LogP contribution in [0.1, 0.15) is 39.0 Å². The minimum absolute atomic E-state index is 0.0745. The summed E-state index contributed by atoms with van der Waals surface area (Å²) in [5.74, 6) is 0.349. The largest absolute Gasteiger partial charge is 0.394 e. The number of carbonyl (C=O) groups excluding carboxylic acids is 1. The number of hydrogen-bond acceptors (Lipinski definition) is 4. The highest BCUT2D eigenvalue weighted by Gasteiger charge is 2.41. The Morgan fingerprint density at radius 2 is 2.00 bits per heavy atom. The van der Waals surface area contributed by atoms with E-state index < -0.39 is 0 Å². The summed E-state index contributed by atoms with van der Waals surface area (Å²) >= 11 is 0. The van der Waals surface area contributed by atoms with E-state index in [-0.39, 0.29) is 18.1 Å². The van der Waals surface area contributed by atoms with Gasteiger partial charge in [0.1, 0.15) is 0 Å². The lowest BCUT2D eigenvalue weighted by Crippen LogP contribution is -2.51. The van der Waals surface area contributed by atoms with Crippen molar-refractivity contribution in [3.05, 3.63) is 0 Å². The molecule has 0 bridgehead atoms. The normalized spacial score (nSPS) is 23.8. The van der Waals surface area contributed by atoms with Crippen molar-refractivity contribution in [3.8, 4) is 0 Å². The number of nitrogens with zero attached hydrogens (tertiary/aromatic N) is 1. The van der Waals surface area contributed by atoms with Gasteiger partial charge in [-0.3, -0.25) is 4.79 Å². The molecule has 2 heterocycles. The summed E-state index contributed by atoms with van der Waals surface area (Å²) in [5, 5.41) is 12.1. The molecule has 0 saturated carbocycles. The summed E-state index contributed by atoms with van der Waals surface area (Å²) in [7, 11) is 0. The van der Waals surface area contributed by atoms with E-state index >= 15 is 0 Å². The third-order valence-corrected chi connectivity index (χ3v) is 4.87. The molecular formula is C15H28N2O3. The van der Waals surface area contributed by atoms with Crippen LogP contribution in [-0.2, 0) is 9.53 Å². The molecule has 2 aliphatic heterocycles. The van der Waals surface area contributed by atoms with Gasteiger partial charge in [0, 0.05) is 13.1 Å². The van der Waals surface area contributed by atoms with Gasteiger partial charge >= 0.3 is 0 Å². The molecule has 1 amide bonds. The van der Waals surface area contributed by atoms with Crippen molar-refractivity contribution in [3.63, 3.8) is 0 Å². The highest BCUT2D eigenvalue weighted by atomic mass is 16.5. The van der Waals surface area contributed by atoms with E-state index in [0.717, 1.165) is 58.3 Å². The summed E-state index contributed by atoms with van der Waals surface area (Å²) in [5.41, 5.74) is -0.135. The Labute approximate surface area is 121 Å². The van der Waals surface area contributed by atoms with Crippen molar-refractivity contribution >= 4 is 5.91 Å². The van der Waals surface area contributed by atoms with E-state index in [9.17, 15) is 4.79 Å². The van der Waals surface area contributed by atoms with Gasteiger partial charge in [-0.25, -0.2) is 0 Å². The number of aliphatic hydroxyl groups is 1. The maximum absolute atomic E-state index is 12.8. The molecule has 0 aromatic rings. The SMILES string of the molecule is CCC1(C(=O)N2CCC(OCCO)CC2)CCNCC1. The second kappa shape index (κ2) is 7.38. The molecule has 0 unspecified atom stereocenters. The summed E-state index contributed by atoms with van der Waals surface area (Å²) in [4.78, 5) is 14.9. The second-order valence-electron chi connectivity index (χ2n) is 5.97. The fourth-order valence-corrected chi connectivity index (χ4v) is 3.40. The second-order valence-corrected chi connectivity index (χ2v) is 5.97. The number of aliphatic hydroxyl groups excluding tert-OH is 1. The molecule has 0 aliphatic carbocycles. The maximum atomic E-state index is 12.8. The Kier molecular flexibility index (Phi) is 5.81. The van der Waals surface area contributed by atoms with Crippen molar-refractivity contribution in [1.82, 2.24) is 10.2 Å². The van der Waals surface area contributed by atoms with E-state index in [4.69, 9.17) is 9.84 Å². The van der Waals surface area contributed by atoms with Crippen molar-refractivity contribution in [2.75, 3.05) is 39.4 Å². The van der Waals surface area contributed by atoms with Gasteiger partial charge < -0.3 is 20.1 Å². The van der Waals surface area contributed by atoms with Crippen LogP contribution in [0.4, 0.5) is 0 Å². The van der Waals surface area contributed by atoms with E-state index in [1.165, 1.54) is 0 Å². The fraction of sp³-hybridized carbons (Fsp3) is 0.933. The number of rotatable bonds is 5. The summed E-state index contributed by atoms with van der Waals surface area (Å²) in [6.45, 7) is 6.12. The first kappa shape index (κ1) is 15.7. The topological polar surface area (TPSA) is 61.8 Å². The van der Waals surface area contributed by atoms with Crippen LogP contribution >= 0.6 is 0 Å². The Bertz CT molecular complexity index is 308. The van der Waals surface area contributed by atoms with Gasteiger partial charge in [-0.05, 0) is 45.2 Å². The molecule has 0 aromatic heterocycles. The van der Waals surface area contributed by atoms with Crippen molar-refractivity contribution in [1.29, 1.82) is 0 Å². The van der Waals surface area contributed by atoms with Crippen LogP contribution in [-0.4, -0.2) is 61.4 Å². The van der Waals surface area contributed by atoms with E-state index in [1.54, 1.807) is 0 Å². The van der Waals surface area contributed by atoms with Crippen LogP contribution in [0.5, 0.6) is 0 Å². The minimum atomic E-state index is -0.135. The zero-order chi connectivity index (χ0) is 14.4. The lowest BCUT2D eigenvalue weighted by Gasteiger charge is -2.42. The number of amides is 1. The molecule has 0 atom stereocenters. The molecule has 2 saturated heterocycles. The van der Waals surface area contributed by atoms with Gasteiger partial charge in [0.2, 0.25) is 5.91 Å². The Hall–Kier alpha value is -0.650. The highest BCUT2D eigenvalue weighted by molar-refractivity contribution is 5.83. The van der Waals surface area contributed by atoms with Gasteiger partial charge in [-0.2, -0.15) is 0 Å². The molecule has 2 N–H and O–H groups in total. The van der Waals surface area contributed by atoms with Crippen LogP contribution < -0.4 is 5.32 Å². The summed E-state index contributed by atoms with van der Waals surface area (Å²) in [6, 6.07) is 0. The van der Waals surface area contributed by atoms with Gasteiger partial charge in [0.05, 0.1) is 24.7 Å². The first-order valence-corrected chi connectivity index (χ1v) is 7.94. The van der Waals surface area contributed by atoms with Gasteiger partial charge in [0.25, 0.3) is 0 Å². The van der Waals surface area contributed by atoms with E-state index in [1.807, 2.05) is 4.90 Å². The zero-order valence-corrected chi connectivity index (χ0v) is 12.6. The molecule has 0 spiro atoms. The van der Waals surface area contributed by atoms with Crippen molar-refractivity contribution in [2.45, 2.75) is 45.1 Å². The van der Waals surface area contributed by atoms with Crippen LogP contribution in [0, 0.1) is 5.41 Å². The first-order chi connectivity index (χ1) is 9.72. The Balaban J connectivity index is 1.87.